The van der Waals surface area contributed by atoms with E-state index in [0.717, 1.165) is 25.9 Å². The van der Waals surface area contributed by atoms with Gasteiger partial charge >= 0.3 is 6.03 Å². The number of nitrogens with one attached hydrogen (secondary N) is 2. The number of likely N-dealkylation sites (tertiary alicyclic amines) is 1. The summed E-state index contributed by atoms with van der Waals surface area (Å²) in [7, 11) is 2.04. The molecule has 0 aliphatic carbocycles. The summed E-state index contributed by atoms with van der Waals surface area (Å²) in [5.41, 5.74) is -0.623. The van der Waals surface area contributed by atoms with E-state index in [-0.39, 0.29) is 11.9 Å². The third kappa shape index (κ3) is 1.48. The first kappa shape index (κ1) is 9.45. The maximum atomic E-state index is 11.6. The van der Waals surface area contributed by atoms with Crippen LogP contribution >= 0.6 is 0 Å². The number of carbonyl (C=O) groups excluding carboxylic acids is 2. The summed E-state index contributed by atoms with van der Waals surface area (Å²) in [6.45, 7) is 1.85. The van der Waals surface area contributed by atoms with Crippen LogP contribution in [0.1, 0.15) is 19.3 Å². The van der Waals surface area contributed by atoms with Crippen LogP contribution in [0.3, 0.4) is 0 Å². The molecule has 2 saturated heterocycles. The van der Waals surface area contributed by atoms with Crippen LogP contribution in [0.5, 0.6) is 0 Å². The zero-order valence-electron chi connectivity index (χ0n) is 8.30. The number of imide groups is 1. The van der Waals surface area contributed by atoms with Crippen molar-refractivity contribution in [2.24, 2.45) is 0 Å². The molecule has 2 rings (SSSR count). The molecular formula is C9H15N3O2. The van der Waals surface area contributed by atoms with Gasteiger partial charge in [0, 0.05) is 6.54 Å². The first-order chi connectivity index (χ1) is 6.62. The van der Waals surface area contributed by atoms with Crippen LogP contribution in [-0.4, -0.2) is 42.5 Å². The summed E-state index contributed by atoms with van der Waals surface area (Å²) in [4.78, 5) is 24.9. The van der Waals surface area contributed by atoms with E-state index in [1.807, 2.05) is 7.05 Å². The Morgan fingerprint density at radius 1 is 1.29 bits per heavy atom. The molecule has 0 bridgehead atoms. The van der Waals surface area contributed by atoms with Crippen LogP contribution in [0.4, 0.5) is 4.79 Å². The molecule has 3 amide bonds. The molecule has 1 atom stereocenters. The van der Waals surface area contributed by atoms with Crippen molar-refractivity contribution < 1.29 is 9.59 Å². The van der Waals surface area contributed by atoms with Crippen molar-refractivity contribution in [1.29, 1.82) is 0 Å². The van der Waals surface area contributed by atoms with Gasteiger partial charge in [-0.15, -0.1) is 0 Å². The molecule has 2 N–H and O–H groups in total. The first-order valence-electron chi connectivity index (χ1n) is 4.95. The highest BCUT2D eigenvalue weighted by Crippen LogP contribution is 2.24. The maximum absolute atomic E-state index is 11.6. The monoisotopic (exact) mass is 197 g/mol. The van der Waals surface area contributed by atoms with Crippen LogP contribution in [0, 0.1) is 0 Å². The molecule has 0 aromatic rings. The fourth-order valence-corrected chi connectivity index (χ4v) is 2.15. The zero-order valence-corrected chi connectivity index (χ0v) is 8.30. The highest BCUT2D eigenvalue weighted by Gasteiger charge is 2.46. The van der Waals surface area contributed by atoms with Crippen LogP contribution < -0.4 is 10.6 Å². The summed E-state index contributed by atoms with van der Waals surface area (Å²) in [5.74, 6) is -0.155. The van der Waals surface area contributed by atoms with E-state index in [0.29, 0.717) is 6.42 Å². The topological polar surface area (TPSA) is 61.4 Å². The Morgan fingerprint density at radius 3 is 2.71 bits per heavy atom. The van der Waals surface area contributed by atoms with Gasteiger partial charge in [0.1, 0.15) is 5.54 Å². The fourth-order valence-electron chi connectivity index (χ4n) is 2.15. The summed E-state index contributed by atoms with van der Waals surface area (Å²) in [6.07, 6.45) is 2.40. The van der Waals surface area contributed by atoms with Gasteiger partial charge in [0.2, 0.25) is 0 Å². The maximum Gasteiger partial charge on any atom is 0.322 e. The second-order valence-electron chi connectivity index (χ2n) is 4.15. The predicted octanol–water partition coefficient (Wildman–Crippen LogP) is -0.320. The smallest absolute Gasteiger partial charge is 0.322 e. The lowest BCUT2D eigenvalue weighted by atomic mass is 9.91. The third-order valence-electron chi connectivity index (χ3n) is 3.08. The van der Waals surface area contributed by atoms with E-state index in [2.05, 4.69) is 15.5 Å². The molecule has 5 nitrogen and oxygen atoms in total. The van der Waals surface area contributed by atoms with Gasteiger partial charge in [-0.2, -0.15) is 0 Å². The second kappa shape index (κ2) is 3.24. The molecule has 14 heavy (non-hydrogen) atoms. The van der Waals surface area contributed by atoms with Crippen molar-refractivity contribution in [3.8, 4) is 0 Å². The average Bonchev–Trinajstić information content (AvgIpc) is 2.31. The number of urea groups is 1. The Balaban J connectivity index is 2.15. The van der Waals surface area contributed by atoms with Crippen molar-refractivity contribution >= 4 is 11.9 Å². The minimum absolute atomic E-state index is 0.155. The summed E-state index contributed by atoms with van der Waals surface area (Å²) in [6, 6.07) is -0.348. The number of carbonyl (C=O) groups is 2. The molecule has 2 heterocycles. The van der Waals surface area contributed by atoms with E-state index in [9.17, 15) is 9.59 Å². The molecule has 2 aliphatic rings. The molecule has 1 unspecified atom stereocenters. The van der Waals surface area contributed by atoms with Crippen LogP contribution in [0.15, 0.2) is 0 Å². The number of amides is 3. The SMILES string of the molecule is CN1CCCC2(CC1)NC(=O)NC2=O. The molecule has 2 fully saturated rings. The Labute approximate surface area is 82.8 Å². The third-order valence-corrected chi connectivity index (χ3v) is 3.08. The van der Waals surface area contributed by atoms with Gasteiger partial charge in [-0.3, -0.25) is 10.1 Å². The molecule has 1 spiro atoms. The number of nitrogens with zero attached hydrogens (tertiary/aromatic N) is 1. The van der Waals surface area contributed by atoms with Crippen molar-refractivity contribution in [2.45, 2.75) is 24.8 Å². The van der Waals surface area contributed by atoms with Crippen molar-refractivity contribution in [1.82, 2.24) is 15.5 Å². The fraction of sp³-hybridized carbons (Fsp3) is 0.778. The van der Waals surface area contributed by atoms with E-state index >= 15 is 0 Å². The lowest BCUT2D eigenvalue weighted by Crippen LogP contribution is -2.47. The van der Waals surface area contributed by atoms with Gasteiger partial charge in [0.15, 0.2) is 0 Å². The van der Waals surface area contributed by atoms with Gasteiger partial charge in [-0.25, -0.2) is 4.79 Å². The summed E-state index contributed by atoms with van der Waals surface area (Å²) in [5, 5.41) is 5.07. The molecule has 78 valence electrons. The standard InChI is InChI=1S/C9H15N3O2/c1-12-5-2-3-9(4-6-12)7(13)10-8(14)11-9/h2-6H2,1H3,(H2,10,11,13,14). The van der Waals surface area contributed by atoms with Crippen molar-refractivity contribution in [3.63, 3.8) is 0 Å². The minimum atomic E-state index is -0.623. The molecule has 0 aromatic heterocycles. The molecule has 0 radical (unpaired) electrons. The second-order valence-corrected chi connectivity index (χ2v) is 4.15. The molecule has 5 heteroatoms. The Kier molecular flexibility index (Phi) is 2.19. The van der Waals surface area contributed by atoms with Crippen LogP contribution in [0.25, 0.3) is 0 Å². The normalized spacial score (nSPS) is 34.1. The van der Waals surface area contributed by atoms with Crippen LogP contribution in [0.2, 0.25) is 0 Å². The predicted molar refractivity (Wildman–Crippen MR) is 50.8 cm³/mol. The molecule has 2 aliphatic heterocycles. The first-order valence-corrected chi connectivity index (χ1v) is 4.95. The van der Waals surface area contributed by atoms with E-state index in [1.165, 1.54) is 0 Å². The summed E-state index contributed by atoms with van der Waals surface area (Å²) >= 11 is 0. The lowest BCUT2D eigenvalue weighted by molar-refractivity contribution is -0.124. The van der Waals surface area contributed by atoms with Gasteiger partial charge in [-0.1, -0.05) is 0 Å². The Morgan fingerprint density at radius 2 is 2.07 bits per heavy atom. The van der Waals surface area contributed by atoms with E-state index in [4.69, 9.17) is 0 Å². The van der Waals surface area contributed by atoms with Gasteiger partial charge < -0.3 is 10.2 Å². The van der Waals surface area contributed by atoms with Crippen LogP contribution in [-0.2, 0) is 4.79 Å². The van der Waals surface area contributed by atoms with E-state index in [1.54, 1.807) is 0 Å². The van der Waals surface area contributed by atoms with Gasteiger partial charge in [0.25, 0.3) is 5.91 Å². The van der Waals surface area contributed by atoms with Crippen molar-refractivity contribution in [2.75, 3.05) is 20.1 Å². The highest BCUT2D eigenvalue weighted by atomic mass is 16.2. The van der Waals surface area contributed by atoms with Crippen molar-refractivity contribution in [3.05, 3.63) is 0 Å². The Bertz CT molecular complexity index is 279. The number of hydrogen-bond acceptors (Lipinski definition) is 3. The number of rotatable bonds is 0. The van der Waals surface area contributed by atoms with Gasteiger partial charge in [0.05, 0.1) is 0 Å². The zero-order chi connectivity index (χ0) is 10.2. The molecule has 0 aromatic carbocycles. The largest absolute Gasteiger partial charge is 0.323 e. The Hall–Kier alpha value is -1.10. The lowest BCUT2D eigenvalue weighted by Gasteiger charge is -2.23. The quantitative estimate of drug-likeness (QED) is 0.523. The number of hydrogen-bond donors (Lipinski definition) is 2. The summed E-state index contributed by atoms with van der Waals surface area (Å²) < 4.78 is 0. The molecular weight excluding hydrogens is 182 g/mol. The average molecular weight is 197 g/mol. The van der Waals surface area contributed by atoms with Gasteiger partial charge in [-0.05, 0) is 32.9 Å². The minimum Gasteiger partial charge on any atom is -0.323 e. The molecule has 0 saturated carbocycles. The highest BCUT2D eigenvalue weighted by molar-refractivity contribution is 6.07. The van der Waals surface area contributed by atoms with E-state index < -0.39 is 5.54 Å².